The van der Waals surface area contributed by atoms with Crippen LogP contribution in [0.4, 0.5) is 17.3 Å². The van der Waals surface area contributed by atoms with E-state index in [2.05, 4.69) is 51.6 Å². The number of allylic oxidation sites excluding steroid dienone is 2. The zero-order valence-electron chi connectivity index (χ0n) is 17.1. The predicted octanol–water partition coefficient (Wildman–Crippen LogP) is 4.81. The number of hydrogen-bond acceptors (Lipinski definition) is 5. The van der Waals surface area contributed by atoms with Crippen molar-refractivity contribution in [3.05, 3.63) is 65.1 Å². The molecule has 6 heteroatoms. The Hall–Kier alpha value is -3.15. The molecule has 6 nitrogen and oxygen atoms in total. The van der Waals surface area contributed by atoms with Gasteiger partial charge in [0.05, 0.1) is 6.04 Å². The summed E-state index contributed by atoms with van der Waals surface area (Å²) in [6, 6.07) is 11.9. The van der Waals surface area contributed by atoms with Crippen molar-refractivity contribution in [1.29, 1.82) is 0 Å². The number of anilines is 3. The van der Waals surface area contributed by atoms with Crippen LogP contribution in [0.25, 0.3) is 11.0 Å². The molecule has 1 aromatic carbocycles. The van der Waals surface area contributed by atoms with Crippen molar-refractivity contribution in [2.45, 2.75) is 44.6 Å². The van der Waals surface area contributed by atoms with Gasteiger partial charge in [0, 0.05) is 42.1 Å². The van der Waals surface area contributed by atoms with Gasteiger partial charge in [0.2, 0.25) is 5.95 Å². The Morgan fingerprint density at radius 2 is 1.80 bits per heavy atom. The summed E-state index contributed by atoms with van der Waals surface area (Å²) in [5.74, 6) is 0.507. The number of benzene rings is 1. The lowest BCUT2D eigenvalue weighted by atomic mass is 10.0. The summed E-state index contributed by atoms with van der Waals surface area (Å²) < 4.78 is 1.80. The molecule has 0 saturated carbocycles. The Morgan fingerprint density at radius 3 is 2.57 bits per heavy atom. The Kier molecular flexibility index (Phi) is 5.22. The maximum absolute atomic E-state index is 12.6. The van der Waals surface area contributed by atoms with Gasteiger partial charge in [-0.1, -0.05) is 12.2 Å². The summed E-state index contributed by atoms with van der Waals surface area (Å²) >= 11 is 0. The van der Waals surface area contributed by atoms with E-state index in [4.69, 9.17) is 4.98 Å². The zero-order valence-corrected chi connectivity index (χ0v) is 17.1. The number of nitrogens with zero attached hydrogens (tertiary/aromatic N) is 4. The first-order chi connectivity index (χ1) is 14.8. The van der Waals surface area contributed by atoms with Gasteiger partial charge < -0.3 is 10.2 Å². The van der Waals surface area contributed by atoms with Crippen molar-refractivity contribution in [2.24, 2.45) is 0 Å². The molecule has 5 rings (SSSR count). The number of rotatable bonds is 4. The molecule has 1 aliphatic heterocycles. The molecular weight excluding hydrogens is 374 g/mol. The SMILES string of the molecule is O=c1ccc2cnc(Nc3ccc(N4CCCCC4)cc3)nc2n1C1C=CCCC1. The number of aromatic nitrogens is 3. The fraction of sp³-hybridized carbons (Fsp3) is 0.375. The first-order valence-corrected chi connectivity index (χ1v) is 10.9. The van der Waals surface area contributed by atoms with Gasteiger partial charge in [0.25, 0.3) is 5.56 Å². The van der Waals surface area contributed by atoms with Crippen LogP contribution in [0.1, 0.15) is 44.6 Å². The van der Waals surface area contributed by atoms with Crippen LogP contribution < -0.4 is 15.8 Å². The zero-order chi connectivity index (χ0) is 20.3. The lowest BCUT2D eigenvalue weighted by Crippen LogP contribution is -2.29. The molecule has 3 aromatic rings. The second-order valence-corrected chi connectivity index (χ2v) is 8.16. The first kappa shape index (κ1) is 18.9. The summed E-state index contributed by atoms with van der Waals surface area (Å²) in [4.78, 5) is 24.3. The second-order valence-electron chi connectivity index (χ2n) is 8.16. The van der Waals surface area contributed by atoms with Crippen LogP contribution in [0.3, 0.4) is 0 Å². The average Bonchev–Trinajstić information content (AvgIpc) is 2.80. The third-order valence-corrected chi connectivity index (χ3v) is 6.07. The average molecular weight is 402 g/mol. The smallest absolute Gasteiger partial charge is 0.252 e. The van der Waals surface area contributed by atoms with E-state index in [9.17, 15) is 4.79 Å². The summed E-state index contributed by atoms with van der Waals surface area (Å²) in [5, 5.41) is 4.18. The van der Waals surface area contributed by atoms with Crippen LogP contribution in [0.15, 0.2) is 59.5 Å². The fourth-order valence-electron chi connectivity index (χ4n) is 4.47. The maximum atomic E-state index is 12.6. The molecular formula is C24H27N5O. The van der Waals surface area contributed by atoms with E-state index >= 15 is 0 Å². The highest BCUT2D eigenvalue weighted by Crippen LogP contribution is 2.26. The monoisotopic (exact) mass is 401 g/mol. The van der Waals surface area contributed by atoms with Gasteiger partial charge in [-0.25, -0.2) is 4.98 Å². The molecule has 154 valence electrons. The van der Waals surface area contributed by atoms with Crippen LogP contribution in [0, 0.1) is 0 Å². The van der Waals surface area contributed by atoms with Gasteiger partial charge in [-0.05, 0) is 68.9 Å². The van der Waals surface area contributed by atoms with E-state index in [1.54, 1.807) is 22.9 Å². The topological polar surface area (TPSA) is 63.1 Å². The fourth-order valence-corrected chi connectivity index (χ4v) is 4.47. The summed E-state index contributed by atoms with van der Waals surface area (Å²) in [6.45, 7) is 2.27. The number of piperidine rings is 1. The molecule has 1 aliphatic carbocycles. The minimum atomic E-state index is -0.0189. The van der Waals surface area contributed by atoms with Crippen LogP contribution in [-0.4, -0.2) is 27.6 Å². The lowest BCUT2D eigenvalue weighted by molar-refractivity contribution is 0.515. The highest BCUT2D eigenvalue weighted by atomic mass is 16.1. The normalized spacial score (nSPS) is 19.2. The highest BCUT2D eigenvalue weighted by molar-refractivity contribution is 5.76. The van der Waals surface area contributed by atoms with Gasteiger partial charge in [0.15, 0.2) is 0 Å². The van der Waals surface area contributed by atoms with E-state index in [-0.39, 0.29) is 11.6 Å². The summed E-state index contributed by atoms with van der Waals surface area (Å²) in [6.07, 6.45) is 13.1. The molecule has 2 aliphatic rings. The molecule has 30 heavy (non-hydrogen) atoms. The van der Waals surface area contributed by atoms with E-state index in [1.165, 1.54) is 24.9 Å². The van der Waals surface area contributed by atoms with Gasteiger partial charge >= 0.3 is 0 Å². The first-order valence-electron chi connectivity index (χ1n) is 10.9. The third kappa shape index (κ3) is 3.82. The molecule has 2 aromatic heterocycles. The number of hydrogen-bond donors (Lipinski definition) is 1. The van der Waals surface area contributed by atoms with E-state index in [0.717, 1.165) is 43.4 Å². The number of nitrogens with one attached hydrogen (secondary N) is 1. The largest absolute Gasteiger partial charge is 0.372 e. The molecule has 1 atom stereocenters. The van der Waals surface area contributed by atoms with Crippen molar-refractivity contribution < 1.29 is 0 Å². The van der Waals surface area contributed by atoms with E-state index < -0.39 is 0 Å². The lowest BCUT2D eigenvalue weighted by Gasteiger charge is -2.28. The maximum Gasteiger partial charge on any atom is 0.252 e. The van der Waals surface area contributed by atoms with Crippen molar-refractivity contribution in [3.63, 3.8) is 0 Å². The molecule has 0 amide bonds. The molecule has 0 radical (unpaired) electrons. The quantitative estimate of drug-likeness (QED) is 0.636. The Balaban J connectivity index is 1.43. The summed E-state index contributed by atoms with van der Waals surface area (Å²) in [7, 11) is 0. The van der Waals surface area contributed by atoms with Crippen LogP contribution in [0.5, 0.6) is 0 Å². The minimum Gasteiger partial charge on any atom is -0.372 e. The molecule has 0 spiro atoms. The molecule has 1 unspecified atom stereocenters. The Bertz CT molecular complexity index is 1110. The molecule has 1 saturated heterocycles. The van der Waals surface area contributed by atoms with Crippen molar-refractivity contribution in [2.75, 3.05) is 23.3 Å². The minimum absolute atomic E-state index is 0.0189. The highest BCUT2D eigenvalue weighted by Gasteiger charge is 2.16. The Morgan fingerprint density at radius 1 is 0.967 bits per heavy atom. The molecule has 1 N–H and O–H groups in total. The van der Waals surface area contributed by atoms with Crippen molar-refractivity contribution in [1.82, 2.24) is 14.5 Å². The molecule has 1 fully saturated rings. The van der Waals surface area contributed by atoms with Crippen LogP contribution in [-0.2, 0) is 0 Å². The second kappa shape index (κ2) is 8.30. The number of fused-ring (bicyclic) bond motifs is 1. The third-order valence-electron chi connectivity index (χ3n) is 6.07. The number of pyridine rings is 1. The van der Waals surface area contributed by atoms with Crippen molar-refractivity contribution >= 4 is 28.4 Å². The van der Waals surface area contributed by atoms with Gasteiger partial charge in [0.1, 0.15) is 5.65 Å². The standard InChI is InChI=1S/C24H27N5O/c30-22-14-9-18-17-25-24(27-23(18)29(22)21-7-3-1-4-8-21)26-19-10-12-20(13-11-19)28-15-5-2-6-16-28/h3,7,9-14,17,21H,1-2,4-6,8,15-16H2,(H,25,26,27). The van der Waals surface area contributed by atoms with Crippen molar-refractivity contribution in [3.8, 4) is 0 Å². The van der Waals surface area contributed by atoms with Gasteiger partial charge in [-0.15, -0.1) is 0 Å². The van der Waals surface area contributed by atoms with Crippen LogP contribution in [0.2, 0.25) is 0 Å². The Labute approximate surface area is 176 Å². The van der Waals surface area contributed by atoms with Gasteiger partial charge in [-0.3, -0.25) is 9.36 Å². The van der Waals surface area contributed by atoms with Crippen LogP contribution >= 0.6 is 0 Å². The summed E-state index contributed by atoms with van der Waals surface area (Å²) in [5.41, 5.74) is 2.87. The molecule has 3 heterocycles. The predicted molar refractivity (Wildman–Crippen MR) is 122 cm³/mol. The van der Waals surface area contributed by atoms with Gasteiger partial charge in [-0.2, -0.15) is 4.98 Å². The van der Waals surface area contributed by atoms with E-state index in [0.29, 0.717) is 11.6 Å². The molecule has 0 bridgehead atoms. The van der Waals surface area contributed by atoms with E-state index in [1.807, 2.05) is 0 Å².